The molecule has 0 fully saturated rings. The predicted molar refractivity (Wildman–Crippen MR) is 283 cm³/mol. The van der Waals surface area contributed by atoms with Gasteiger partial charge < -0.3 is 14.2 Å². The van der Waals surface area contributed by atoms with E-state index in [9.17, 15) is 0 Å². The molecule has 0 aliphatic carbocycles. The molecule has 4 heteroatoms. The zero-order chi connectivity index (χ0) is 44.6. The highest BCUT2D eigenvalue weighted by molar-refractivity contribution is 7.00. The standard InChI is InChI=1S/C62H50BN3/c1-61(2,3)43-30-31-53-47(34-43)49-35-44(62(4,5)6)36-50-48-37-52-58(38-57(48)66(53)60(49)50)65(46-25-16-23-42(33-46)40-20-11-8-12-21-40)56-29-17-28-55-59(56)63(52)51-26-13-14-27-54(51)64(55)45-24-15-22-41(32-45)39-18-9-7-10-19-39/h7-38H,1-6H3. The maximum absolute atomic E-state index is 2.58. The van der Waals surface area contributed by atoms with Gasteiger partial charge in [-0.15, -0.1) is 0 Å². The lowest BCUT2D eigenvalue weighted by Gasteiger charge is -2.44. The molecule has 316 valence electrons. The Hall–Kier alpha value is -7.56. The fraction of sp³-hybridized carbons (Fsp3) is 0.129. The Kier molecular flexibility index (Phi) is 8.23. The number of aromatic nitrogens is 1. The lowest BCUT2D eigenvalue weighted by atomic mass is 9.33. The number of hydrogen-bond donors (Lipinski definition) is 0. The second-order valence-electron chi connectivity index (χ2n) is 20.6. The molecule has 0 radical (unpaired) electrons. The van der Waals surface area contributed by atoms with Crippen molar-refractivity contribution in [2.24, 2.45) is 0 Å². The molecule has 0 atom stereocenters. The van der Waals surface area contributed by atoms with Crippen molar-refractivity contribution < 1.29 is 0 Å². The molecule has 3 nitrogen and oxygen atoms in total. The Morgan fingerprint density at radius 2 is 0.848 bits per heavy atom. The Bertz CT molecular complexity index is 3740. The van der Waals surface area contributed by atoms with Crippen LogP contribution in [0, 0.1) is 0 Å². The number of rotatable bonds is 4. The zero-order valence-corrected chi connectivity index (χ0v) is 38.4. The van der Waals surface area contributed by atoms with E-state index in [1.165, 1.54) is 111 Å². The highest BCUT2D eigenvalue weighted by Gasteiger charge is 2.43. The maximum atomic E-state index is 2.58. The monoisotopic (exact) mass is 847 g/mol. The smallest absolute Gasteiger partial charge is 0.252 e. The summed E-state index contributed by atoms with van der Waals surface area (Å²) in [5, 5.41) is 5.29. The van der Waals surface area contributed by atoms with E-state index in [0.29, 0.717) is 0 Å². The summed E-state index contributed by atoms with van der Waals surface area (Å²) in [6, 6.07) is 73.1. The van der Waals surface area contributed by atoms with Gasteiger partial charge in [-0.25, -0.2) is 0 Å². The van der Waals surface area contributed by atoms with Crippen LogP contribution in [0.5, 0.6) is 0 Å². The van der Waals surface area contributed by atoms with Gasteiger partial charge in [-0.1, -0.05) is 163 Å². The van der Waals surface area contributed by atoms with Crippen LogP contribution < -0.4 is 26.2 Å². The Labute approximate surface area is 387 Å². The van der Waals surface area contributed by atoms with Gasteiger partial charge in [-0.2, -0.15) is 0 Å². The van der Waals surface area contributed by atoms with Crippen molar-refractivity contribution in [2.75, 3.05) is 9.80 Å². The van der Waals surface area contributed by atoms with Crippen LogP contribution in [0.15, 0.2) is 194 Å². The minimum atomic E-state index is -0.0320. The number of anilines is 6. The molecule has 2 aliphatic rings. The van der Waals surface area contributed by atoms with E-state index < -0.39 is 0 Å². The molecule has 2 aromatic heterocycles. The van der Waals surface area contributed by atoms with E-state index in [2.05, 4.69) is 250 Å². The molecule has 9 aromatic carbocycles. The van der Waals surface area contributed by atoms with Crippen molar-refractivity contribution >= 4 is 95.3 Å². The second kappa shape index (κ2) is 14.0. The molecule has 2 aliphatic heterocycles. The number of hydrogen-bond acceptors (Lipinski definition) is 2. The lowest BCUT2D eigenvalue weighted by Crippen LogP contribution is -2.61. The molecule has 11 aromatic rings. The van der Waals surface area contributed by atoms with E-state index in [-0.39, 0.29) is 17.5 Å². The summed E-state index contributed by atoms with van der Waals surface area (Å²) in [5.41, 5.74) is 22.4. The summed E-state index contributed by atoms with van der Waals surface area (Å²) in [5.74, 6) is 0. The average Bonchev–Trinajstić information content (AvgIpc) is 3.84. The molecule has 0 amide bonds. The van der Waals surface area contributed by atoms with Crippen LogP contribution in [0.4, 0.5) is 34.1 Å². The summed E-state index contributed by atoms with van der Waals surface area (Å²) in [7, 11) is 0. The van der Waals surface area contributed by atoms with Crippen LogP contribution in [0.2, 0.25) is 0 Å². The van der Waals surface area contributed by atoms with E-state index >= 15 is 0 Å². The van der Waals surface area contributed by atoms with Gasteiger partial charge in [0.05, 0.1) is 16.6 Å². The summed E-state index contributed by atoms with van der Waals surface area (Å²) in [6.45, 7) is 14.0. The third-order valence-corrected chi connectivity index (χ3v) is 14.6. The summed E-state index contributed by atoms with van der Waals surface area (Å²) < 4.78 is 2.58. The molecule has 13 rings (SSSR count). The van der Waals surface area contributed by atoms with Crippen LogP contribution >= 0.6 is 0 Å². The first-order valence-corrected chi connectivity index (χ1v) is 23.5. The molecule has 0 saturated carbocycles. The highest BCUT2D eigenvalue weighted by Crippen LogP contribution is 2.48. The van der Waals surface area contributed by atoms with E-state index in [1.807, 2.05) is 0 Å². The number of benzene rings is 9. The van der Waals surface area contributed by atoms with Gasteiger partial charge >= 0.3 is 0 Å². The summed E-state index contributed by atoms with van der Waals surface area (Å²) >= 11 is 0. The molecular weight excluding hydrogens is 798 g/mol. The lowest BCUT2D eigenvalue weighted by molar-refractivity contribution is 0.590. The Morgan fingerprint density at radius 3 is 1.45 bits per heavy atom. The minimum Gasteiger partial charge on any atom is -0.311 e. The fourth-order valence-electron chi connectivity index (χ4n) is 11.3. The number of nitrogens with zero attached hydrogens (tertiary/aromatic N) is 3. The van der Waals surface area contributed by atoms with E-state index in [4.69, 9.17) is 0 Å². The molecule has 0 spiro atoms. The Morgan fingerprint density at radius 1 is 0.348 bits per heavy atom. The van der Waals surface area contributed by atoms with Crippen molar-refractivity contribution in [3.05, 3.63) is 205 Å². The summed E-state index contributed by atoms with van der Waals surface area (Å²) in [4.78, 5) is 5.07. The van der Waals surface area contributed by atoms with Crippen molar-refractivity contribution in [1.29, 1.82) is 0 Å². The van der Waals surface area contributed by atoms with Crippen LogP contribution in [0.1, 0.15) is 52.7 Å². The van der Waals surface area contributed by atoms with E-state index in [1.54, 1.807) is 0 Å². The van der Waals surface area contributed by atoms with Gasteiger partial charge in [0.15, 0.2) is 0 Å². The van der Waals surface area contributed by atoms with Crippen LogP contribution in [-0.2, 0) is 10.8 Å². The molecular formula is C62H50BN3. The molecule has 0 bridgehead atoms. The van der Waals surface area contributed by atoms with Crippen molar-refractivity contribution in [3.8, 4) is 22.3 Å². The fourth-order valence-corrected chi connectivity index (χ4v) is 11.3. The SMILES string of the molecule is CC(C)(C)c1ccc2c(c1)c1cc(C(C)(C)C)cc3c4cc5c(cc4n2c13)N(c1cccc(-c2ccccc2)c1)c1cccc2c1B5c1ccccc1N2c1cccc(-c2ccccc2)c1. The van der Waals surface area contributed by atoms with Crippen molar-refractivity contribution in [2.45, 2.75) is 52.4 Å². The highest BCUT2D eigenvalue weighted by atomic mass is 15.2. The third-order valence-electron chi connectivity index (χ3n) is 14.6. The van der Waals surface area contributed by atoms with Gasteiger partial charge in [-0.05, 0) is 133 Å². The van der Waals surface area contributed by atoms with Crippen molar-refractivity contribution in [3.63, 3.8) is 0 Å². The first kappa shape index (κ1) is 38.9. The number of para-hydroxylation sites is 1. The minimum absolute atomic E-state index is 0.00199. The normalized spacial score (nSPS) is 13.5. The van der Waals surface area contributed by atoms with Gasteiger partial charge in [0.1, 0.15) is 0 Å². The number of fused-ring (bicyclic) bond motifs is 10. The third kappa shape index (κ3) is 5.70. The first-order chi connectivity index (χ1) is 32.0. The van der Waals surface area contributed by atoms with E-state index in [0.717, 1.165) is 11.4 Å². The quantitative estimate of drug-likeness (QED) is 0.163. The Balaban J connectivity index is 1.13. The van der Waals surface area contributed by atoms with Crippen LogP contribution in [-0.4, -0.2) is 11.1 Å². The maximum Gasteiger partial charge on any atom is 0.252 e. The van der Waals surface area contributed by atoms with Gasteiger partial charge in [0.25, 0.3) is 6.71 Å². The average molecular weight is 848 g/mol. The summed E-state index contributed by atoms with van der Waals surface area (Å²) in [6.07, 6.45) is 0. The molecule has 0 unspecified atom stereocenters. The molecule has 66 heavy (non-hydrogen) atoms. The van der Waals surface area contributed by atoms with Gasteiger partial charge in [0.2, 0.25) is 0 Å². The van der Waals surface area contributed by atoms with Crippen molar-refractivity contribution in [1.82, 2.24) is 4.40 Å². The topological polar surface area (TPSA) is 10.9 Å². The van der Waals surface area contributed by atoms with Gasteiger partial charge in [-0.3, -0.25) is 0 Å². The molecule has 0 N–H and O–H groups in total. The van der Waals surface area contributed by atoms with Gasteiger partial charge in [0, 0.05) is 55.7 Å². The van der Waals surface area contributed by atoms with Crippen LogP contribution in [0.25, 0.3) is 60.3 Å². The zero-order valence-electron chi connectivity index (χ0n) is 38.4. The predicted octanol–water partition coefficient (Wildman–Crippen LogP) is 14.8. The molecule has 4 heterocycles. The second-order valence-corrected chi connectivity index (χ2v) is 20.6. The largest absolute Gasteiger partial charge is 0.311 e. The van der Waals surface area contributed by atoms with Crippen LogP contribution in [0.3, 0.4) is 0 Å². The molecule has 0 saturated heterocycles. The first-order valence-electron chi connectivity index (χ1n) is 23.5.